The van der Waals surface area contributed by atoms with Gasteiger partial charge in [-0.15, -0.1) is 0 Å². The summed E-state index contributed by atoms with van der Waals surface area (Å²) in [6, 6.07) is 16.6. The van der Waals surface area contributed by atoms with Gasteiger partial charge in [-0.2, -0.15) is 0 Å². The van der Waals surface area contributed by atoms with Crippen LogP contribution in [0.15, 0.2) is 48.5 Å². The van der Waals surface area contributed by atoms with Gasteiger partial charge in [-0.25, -0.2) is 4.79 Å². The van der Waals surface area contributed by atoms with Gasteiger partial charge in [-0.3, -0.25) is 0 Å². The third-order valence-corrected chi connectivity index (χ3v) is 4.72. The van der Waals surface area contributed by atoms with E-state index in [4.69, 9.17) is 9.47 Å². The highest BCUT2D eigenvalue weighted by Gasteiger charge is 2.19. The molecule has 0 aliphatic carbocycles. The normalized spacial score (nSPS) is 13.7. The number of rotatable bonds is 6. The maximum Gasteiger partial charge on any atom is 0.514 e. The molecule has 3 nitrogen and oxygen atoms in total. The summed E-state index contributed by atoms with van der Waals surface area (Å²) in [7, 11) is 0. The molecular weight excluding hydrogens is 336 g/mol. The molecule has 0 fully saturated rings. The summed E-state index contributed by atoms with van der Waals surface area (Å²) in [5.74, 6) is 1.47. The van der Waals surface area contributed by atoms with Crippen molar-refractivity contribution in [1.82, 2.24) is 0 Å². The molecule has 0 aromatic heterocycles. The third kappa shape index (κ3) is 6.74. The van der Waals surface area contributed by atoms with Crippen molar-refractivity contribution in [1.29, 1.82) is 0 Å². The summed E-state index contributed by atoms with van der Waals surface area (Å²) >= 11 is 0. The number of ether oxygens (including phenoxy) is 2. The van der Waals surface area contributed by atoms with Gasteiger partial charge < -0.3 is 9.47 Å². The predicted octanol–water partition coefficient (Wildman–Crippen LogP) is 7.00. The molecule has 0 saturated heterocycles. The number of aryl methyl sites for hydroxylation is 1. The average molecular weight is 369 g/mol. The van der Waals surface area contributed by atoms with Crippen molar-refractivity contribution in [2.45, 2.75) is 71.8 Å². The fourth-order valence-electron chi connectivity index (χ4n) is 3.17. The van der Waals surface area contributed by atoms with E-state index in [1.807, 2.05) is 32.9 Å². The molecule has 3 heteroatoms. The molecular formula is C24H32O3. The lowest BCUT2D eigenvalue weighted by Crippen LogP contribution is -2.25. The third-order valence-electron chi connectivity index (χ3n) is 4.72. The van der Waals surface area contributed by atoms with Gasteiger partial charge in [0.2, 0.25) is 0 Å². The minimum Gasteiger partial charge on any atom is -0.428 e. The lowest BCUT2D eigenvalue weighted by Gasteiger charge is -2.21. The lowest BCUT2D eigenvalue weighted by atomic mass is 9.84. The van der Waals surface area contributed by atoms with E-state index >= 15 is 0 Å². The molecule has 2 aromatic carbocycles. The molecule has 0 aliphatic heterocycles. The van der Waals surface area contributed by atoms with Crippen LogP contribution in [0.3, 0.4) is 0 Å². The zero-order valence-electron chi connectivity index (χ0n) is 17.4. The van der Waals surface area contributed by atoms with Gasteiger partial charge in [0, 0.05) is 0 Å². The summed E-state index contributed by atoms with van der Waals surface area (Å²) < 4.78 is 10.4. The summed E-state index contributed by atoms with van der Waals surface area (Å²) in [5, 5.41) is 0. The second-order valence-electron chi connectivity index (χ2n) is 8.29. The molecule has 0 spiro atoms. The molecule has 0 radical (unpaired) electrons. The van der Waals surface area contributed by atoms with Crippen LogP contribution in [-0.2, 0) is 4.74 Å². The Hall–Kier alpha value is -2.29. The zero-order chi connectivity index (χ0) is 20.0. The standard InChI is InChI=1S/C24H32O3/c1-7-19(16-18(3)20-10-8-17(2)9-11-20)21-12-14-22(15-13-21)26-23(25)27-24(4,5)6/h8-15,18-19H,7,16H2,1-6H3. The van der Waals surface area contributed by atoms with E-state index in [1.165, 1.54) is 16.7 Å². The van der Waals surface area contributed by atoms with E-state index in [9.17, 15) is 4.79 Å². The first kappa shape index (κ1) is 21.0. The van der Waals surface area contributed by atoms with E-state index in [2.05, 4.69) is 57.2 Å². The number of carbonyl (C=O) groups excluding carboxylic acids is 1. The number of hydrogen-bond donors (Lipinski definition) is 0. The first-order valence-electron chi connectivity index (χ1n) is 9.75. The van der Waals surface area contributed by atoms with Crippen molar-refractivity contribution < 1.29 is 14.3 Å². The van der Waals surface area contributed by atoms with Crippen LogP contribution in [-0.4, -0.2) is 11.8 Å². The summed E-state index contributed by atoms with van der Waals surface area (Å²) in [5.41, 5.74) is 3.38. The Morgan fingerprint density at radius 3 is 2.04 bits per heavy atom. The second kappa shape index (κ2) is 9.07. The fraction of sp³-hybridized carbons (Fsp3) is 0.458. The van der Waals surface area contributed by atoms with Crippen molar-refractivity contribution in [2.75, 3.05) is 0 Å². The van der Waals surface area contributed by atoms with Crippen LogP contribution < -0.4 is 4.74 Å². The molecule has 0 aliphatic rings. The summed E-state index contributed by atoms with van der Waals surface area (Å²) in [4.78, 5) is 11.8. The highest BCUT2D eigenvalue weighted by atomic mass is 16.7. The topological polar surface area (TPSA) is 35.5 Å². The van der Waals surface area contributed by atoms with Crippen molar-refractivity contribution >= 4 is 6.16 Å². The Kier molecular flexibility index (Phi) is 7.06. The summed E-state index contributed by atoms with van der Waals surface area (Å²) in [6.45, 7) is 12.1. The van der Waals surface area contributed by atoms with Gasteiger partial charge in [0.05, 0.1) is 0 Å². The molecule has 27 heavy (non-hydrogen) atoms. The maximum absolute atomic E-state index is 11.8. The predicted molar refractivity (Wildman–Crippen MR) is 111 cm³/mol. The molecule has 0 amide bonds. The largest absolute Gasteiger partial charge is 0.514 e. The van der Waals surface area contributed by atoms with Crippen molar-refractivity contribution in [3.8, 4) is 5.75 Å². The molecule has 2 atom stereocenters. The van der Waals surface area contributed by atoms with Crippen LogP contribution in [0.25, 0.3) is 0 Å². The van der Waals surface area contributed by atoms with Gasteiger partial charge >= 0.3 is 6.16 Å². The molecule has 0 saturated carbocycles. The maximum atomic E-state index is 11.8. The van der Waals surface area contributed by atoms with E-state index < -0.39 is 11.8 Å². The molecule has 146 valence electrons. The Labute approximate surface area is 163 Å². The second-order valence-corrected chi connectivity index (χ2v) is 8.29. The van der Waals surface area contributed by atoms with Crippen LogP contribution in [0.5, 0.6) is 5.75 Å². The van der Waals surface area contributed by atoms with Crippen LogP contribution in [0.4, 0.5) is 4.79 Å². The number of carbonyl (C=O) groups is 1. The van der Waals surface area contributed by atoms with Crippen LogP contribution >= 0.6 is 0 Å². The van der Waals surface area contributed by atoms with Crippen molar-refractivity contribution in [3.05, 3.63) is 65.2 Å². The van der Waals surface area contributed by atoms with E-state index in [0.717, 1.165) is 12.8 Å². The Balaban J connectivity index is 2.00. The van der Waals surface area contributed by atoms with Gasteiger partial charge in [-0.1, -0.05) is 55.8 Å². The number of hydrogen-bond acceptors (Lipinski definition) is 3. The highest BCUT2D eigenvalue weighted by molar-refractivity contribution is 5.64. The zero-order valence-corrected chi connectivity index (χ0v) is 17.4. The van der Waals surface area contributed by atoms with Crippen LogP contribution in [0.1, 0.15) is 76.0 Å². The monoisotopic (exact) mass is 368 g/mol. The highest BCUT2D eigenvalue weighted by Crippen LogP contribution is 2.33. The van der Waals surface area contributed by atoms with E-state index in [1.54, 1.807) is 0 Å². The quantitative estimate of drug-likeness (QED) is 0.407. The minimum atomic E-state index is -0.671. The molecule has 0 N–H and O–H groups in total. The first-order valence-corrected chi connectivity index (χ1v) is 9.75. The molecule has 2 unspecified atom stereocenters. The minimum absolute atomic E-state index is 0.469. The van der Waals surface area contributed by atoms with Crippen molar-refractivity contribution in [3.63, 3.8) is 0 Å². The van der Waals surface area contributed by atoms with Crippen molar-refractivity contribution in [2.24, 2.45) is 0 Å². The SMILES string of the molecule is CCC(CC(C)c1ccc(C)cc1)c1ccc(OC(=O)OC(C)(C)C)cc1. The molecule has 2 aromatic rings. The van der Waals surface area contributed by atoms with E-state index in [-0.39, 0.29) is 0 Å². The van der Waals surface area contributed by atoms with Gasteiger partial charge in [0.15, 0.2) is 0 Å². The van der Waals surface area contributed by atoms with Gasteiger partial charge in [0.1, 0.15) is 11.4 Å². The summed E-state index contributed by atoms with van der Waals surface area (Å²) in [6.07, 6.45) is 1.49. The molecule has 0 bridgehead atoms. The van der Waals surface area contributed by atoms with E-state index in [0.29, 0.717) is 17.6 Å². The van der Waals surface area contributed by atoms with Crippen LogP contribution in [0.2, 0.25) is 0 Å². The fourth-order valence-corrected chi connectivity index (χ4v) is 3.17. The Bertz CT molecular complexity index is 724. The molecule has 0 heterocycles. The average Bonchev–Trinajstić information content (AvgIpc) is 2.59. The van der Waals surface area contributed by atoms with Crippen LogP contribution in [0, 0.1) is 6.92 Å². The van der Waals surface area contributed by atoms with Gasteiger partial charge in [-0.05, 0) is 75.6 Å². The smallest absolute Gasteiger partial charge is 0.428 e. The number of benzene rings is 2. The molecule has 2 rings (SSSR count). The first-order chi connectivity index (χ1) is 12.7. The van der Waals surface area contributed by atoms with Gasteiger partial charge in [0.25, 0.3) is 0 Å². The Morgan fingerprint density at radius 2 is 1.52 bits per heavy atom. The lowest BCUT2D eigenvalue weighted by molar-refractivity contribution is 0.0206. The Morgan fingerprint density at radius 1 is 0.963 bits per heavy atom.